The van der Waals surface area contributed by atoms with Crippen LogP contribution in [-0.4, -0.2) is 17.1 Å². The largest absolute Gasteiger partial charge is 0.371 e. The van der Waals surface area contributed by atoms with Gasteiger partial charge in [-0.2, -0.15) is 0 Å². The topological polar surface area (TPSA) is 35.0 Å². The van der Waals surface area contributed by atoms with Gasteiger partial charge in [0.2, 0.25) is 0 Å². The quantitative estimate of drug-likeness (QED) is 0.599. The van der Waals surface area contributed by atoms with Gasteiger partial charge in [-0.15, -0.1) is 0 Å². The molecule has 17 heavy (non-hydrogen) atoms. The average Bonchev–Trinajstić information content (AvgIpc) is 3.15. The van der Waals surface area contributed by atoms with Crippen molar-refractivity contribution in [2.45, 2.75) is 44.6 Å². The maximum absolute atomic E-state index is 6.20. The molecule has 94 valence electrons. The predicted molar refractivity (Wildman–Crippen MR) is 76.4 cm³/mol. The Labute approximate surface area is 120 Å². The molecule has 0 spiro atoms. The molecule has 1 heterocycles. The Morgan fingerprint density at radius 3 is 2.59 bits per heavy atom. The van der Waals surface area contributed by atoms with E-state index in [1.807, 2.05) is 6.92 Å². The normalized spacial score (nSPS) is 19.1. The zero-order chi connectivity index (χ0) is 12.6. The highest BCUT2D eigenvalue weighted by Crippen LogP contribution is 2.43. The van der Waals surface area contributed by atoms with Crippen molar-refractivity contribution in [1.29, 1.82) is 0 Å². The summed E-state index contributed by atoms with van der Waals surface area (Å²) < 4.78 is 6.53. The van der Waals surface area contributed by atoms with Crippen molar-refractivity contribution in [2.24, 2.45) is 0 Å². The van der Waals surface area contributed by atoms with Crippen molar-refractivity contribution in [2.75, 3.05) is 7.11 Å². The lowest BCUT2D eigenvalue weighted by Gasteiger charge is -2.25. The fourth-order valence-corrected chi connectivity index (χ4v) is 2.55. The Bertz CT molecular complexity index is 431. The highest BCUT2D eigenvalue weighted by Gasteiger charge is 2.33. The molecule has 1 fully saturated rings. The van der Waals surface area contributed by atoms with E-state index >= 15 is 0 Å². The Morgan fingerprint density at radius 1 is 1.47 bits per heavy atom. The van der Waals surface area contributed by atoms with Crippen molar-refractivity contribution in [3.63, 3.8) is 0 Å². The predicted octanol–water partition coefficient (Wildman–Crippen LogP) is 3.88. The summed E-state index contributed by atoms with van der Waals surface area (Å²) >= 11 is 8.43. The number of halogens is 2. The molecule has 0 saturated heterocycles. The van der Waals surface area contributed by atoms with E-state index in [-0.39, 0.29) is 0 Å². The Kier molecular flexibility index (Phi) is 3.95. The molecule has 0 aromatic carbocycles. The minimum Gasteiger partial charge on any atom is -0.371 e. The summed E-state index contributed by atoms with van der Waals surface area (Å²) in [5.74, 6) is 1.27. The molecule has 1 aliphatic rings. The van der Waals surface area contributed by atoms with Crippen LogP contribution in [0.5, 0.6) is 0 Å². The van der Waals surface area contributed by atoms with Gasteiger partial charge in [0.25, 0.3) is 0 Å². The summed E-state index contributed by atoms with van der Waals surface area (Å²) in [6.45, 7) is 4.07. The van der Waals surface area contributed by atoms with Gasteiger partial charge in [-0.25, -0.2) is 9.97 Å². The van der Waals surface area contributed by atoms with Gasteiger partial charge >= 0.3 is 0 Å². The van der Waals surface area contributed by atoms with E-state index in [1.165, 1.54) is 12.8 Å². The standard InChI is InChI=1S/C12H16ClIN2O/c1-4-12(2,17-3)11-15-9(7-5-6-7)8(14)10(13)16-11/h7H,4-6H2,1-3H3. The Morgan fingerprint density at radius 2 is 2.12 bits per heavy atom. The maximum Gasteiger partial charge on any atom is 0.161 e. The fourth-order valence-electron chi connectivity index (χ4n) is 1.69. The molecule has 0 radical (unpaired) electrons. The van der Waals surface area contributed by atoms with Crippen molar-refractivity contribution in [1.82, 2.24) is 9.97 Å². The Hall–Kier alpha value is 0.0600. The number of nitrogens with zero attached hydrogens (tertiary/aromatic N) is 2. The van der Waals surface area contributed by atoms with E-state index in [0.29, 0.717) is 16.9 Å². The van der Waals surface area contributed by atoms with E-state index < -0.39 is 5.60 Å². The minimum atomic E-state index is -0.447. The van der Waals surface area contributed by atoms with Gasteiger partial charge in [-0.1, -0.05) is 18.5 Å². The van der Waals surface area contributed by atoms with Crippen LogP contribution in [0, 0.1) is 3.57 Å². The van der Waals surface area contributed by atoms with Gasteiger partial charge < -0.3 is 4.74 Å². The SMILES string of the molecule is CCC(C)(OC)c1nc(Cl)c(I)c(C2CC2)n1. The van der Waals surface area contributed by atoms with Crippen LogP contribution in [-0.2, 0) is 10.3 Å². The number of rotatable bonds is 4. The number of hydrogen-bond acceptors (Lipinski definition) is 3. The molecule has 3 nitrogen and oxygen atoms in total. The average molecular weight is 367 g/mol. The smallest absolute Gasteiger partial charge is 0.161 e. The van der Waals surface area contributed by atoms with Gasteiger partial charge in [0.15, 0.2) is 5.82 Å². The molecule has 1 aliphatic carbocycles. The summed E-state index contributed by atoms with van der Waals surface area (Å²) in [5.41, 5.74) is 0.648. The van der Waals surface area contributed by atoms with Gasteiger partial charge in [0.05, 0.1) is 9.26 Å². The second-order valence-electron chi connectivity index (χ2n) is 4.60. The lowest BCUT2D eigenvalue weighted by atomic mass is 10.0. The van der Waals surface area contributed by atoms with Crippen LogP contribution in [0.3, 0.4) is 0 Å². The van der Waals surface area contributed by atoms with Crippen molar-refractivity contribution < 1.29 is 4.74 Å². The van der Waals surface area contributed by atoms with Crippen molar-refractivity contribution in [3.05, 3.63) is 20.2 Å². The molecule has 2 rings (SSSR count). The van der Waals surface area contributed by atoms with E-state index in [9.17, 15) is 0 Å². The van der Waals surface area contributed by atoms with Crippen LogP contribution < -0.4 is 0 Å². The molecule has 1 atom stereocenters. The van der Waals surface area contributed by atoms with Gasteiger partial charge in [0.1, 0.15) is 10.8 Å². The molecule has 5 heteroatoms. The van der Waals surface area contributed by atoms with Gasteiger partial charge in [0, 0.05) is 13.0 Å². The molecule has 0 aliphatic heterocycles. The van der Waals surface area contributed by atoms with E-state index in [0.717, 1.165) is 15.7 Å². The first kappa shape index (κ1) is 13.5. The molecule has 0 N–H and O–H groups in total. The van der Waals surface area contributed by atoms with E-state index in [4.69, 9.17) is 16.3 Å². The fraction of sp³-hybridized carbons (Fsp3) is 0.667. The van der Waals surface area contributed by atoms with E-state index in [2.05, 4.69) is 39.5 Å². The first-order valence-corrected chi connectivity index (χ1v) is 7.26. The third-order valence-electron chi connectivity index (χ3n) is 3.40. The Balaban J connectivity index is 2.48. The third kappa shape index (κ3) is 2.58. The number of hydrogen-bond donors (Lipinski definition) is 0. The number of ether oxygens (including phenoxy) is 1. The number of methoxy groups -OCH3 is 1. The molecular formula is C12H16ClIN2O. The van der Waals surface area contributed by atoms with Crippen LogP contribution in [0.15, 0.2) is 0 Å². The highest BCUT2D eigenvalue weighted by atomic mass is 127. The first-order chi connectivity index (χ1) is 8.01. The summed E-state index contributed by atoms with van der Waals surface area (Å²) in [6, 6.07) is 0. The molecule has 0 bridgehead atoms. The monoisotopic (exact) mass is 366 g/mol. The lowest BCUT2D eigenvalue weighted by Crippen LogP contribution is -2.27. The molecule has 1 aromatic rings. The second kappa shape index (κ2) is 4.97. The zero-order valence-corrected chi connectivity index (χ0v) is 13.2. The van der Waals surface area contributed by atoms with Crippen LogP contribution in [0.25, 0.3) is 0 Å². The summed E-state index contributed by atoms with van der Waals surface area (Å²) in [7, 11) is 1.69. The molecule has 1 unspecified atom stereocenters. The van der Waals surface area contributed by atoms with E-state index in [1.54, 1.807) is 7.11 Å². The summed E-state index contributed by atoms with van der Waals surface area (Å²) in [5, 5.41) is 0.550. The molecule has 1 saturated carbocycles. The third-order valence-corrected chi connectivity index (χ3v) is 5.05. The van der Waals surface area contributed by atoms with Crippen LogP contribution in [0.1, 0.15) is 50.5 Å². The van der Waals surface area contributed by atoms with Crippen molar-refractivity contribution in [3.8, 4) is 0 Å². The highest BCUT2D eigenvalue weighted by molar-refractivity contribution is 14.1. The summed E-state index contributed by atoms with van der Waals surface area (Å²) in [6.07, 6.45) is 3.24. The molecular weight excluding hydrogens is 351 g/mol. The minimum absolute atomic E-state index is 0.447. The van der Waals surface area contributed by atoms with Gasteiger partial charge in [-0.3, -0.25) is 0 Å². The maximum atomic E-state index is 6.20. The van der Waals surface area contributed by atoms with Crippen LogP contribution in [0.2, 0.25) is 5.15 Å². The van der Waals surface area contributed by atoms with Gasteiger partial charge in [-0.05, 0) is 48.8 Å². The second-order valence-corrected chi connectivity index (χ2v) is 6.04. The zero-order valence-electron chi connectivity index (χ0n) is 10.3. The van der Waals surface area contributed by atoms with Crippen LogP contribution in [0.4, 0.5) is 0 Å². The van der Waals surface area contributed by atoms with Crippen molar-refractivity contribution >= 4 is 34.2 Å². The summed E-state index contributed by atoms with van der Waals surface area (Å²) in [4.78, 5) is 9.06. The molecule has 1 aromatic heterocycles. The lowest BCUT2D eigenvalue weighted by molar-refractivity contribution is -0.00918. The first-order valence-electron chi connectivity index (χ1n) is 5.80. The molecule has 0 amide bonds. The number of aromatic nitrogens is 2. The van der Waals surface area contributed by atoms with Crippen LogP contribution >= 0.6 is 34.2 Å².